The first-order chi connectivity index (χ1) is 11.1. The highest BCUT2D eigenvalue weighted by Gasteiger charge is 2.31. The van der Waals surface area contributed by atoms with Crippen LogP contribution in [0.2, 0.25) is 0 Å². The van der Waals surface area contributed by atoms with Crippen molar-refractivity contribution in [1.29, 1.82) is 0 Å². The Balaban J connectivity index is 1.53. The van der Waals surface area contributed by atoms with E-state index < -0.39 is 0 Å². The van der Waals surface area contributed by atoms with Gasteiger partial charge in [0.15, 0.2) is 0 Å². The Morgan fingerprint density at radius 3 is 3.13 bits per heavy atom. The number of carbonyl (C=O) groups is 1. The van der Waals surface area contributed by atoms with Crippen LogP contribution in [0.3, 0.4) is 0 Å². The van der Waals surface area contributed by atoms with Gasteiger partial charge in [-0.2, -0.15) is 5.10 Å². The van der Waals surface area contributed by atoms with Crippen molar-refractivity contribution >= 4 is 5.91 Å². The number of ether oxygens (including phenoxy) is 1. The molecule has 3 rings (SSSR count). The zero-order valence-electron chi connectivity index (χ0n) is 14.1. The molecule has 128 valence electrons. The van der Waals surface area contributed by atoms with Gasteiger partial charge in [0.05, 0.1) is 12.1 Å². The van der Waals surface area contributed by atoms with Crippen molar-refractivity contribution in [3.8, 4) is 0 Å². The van der Waals surface area contributed by atoms with Crippen LogP contribution in [0.25, 0.3) is 0 Å². The maximum Gasteiger partial charge on any atom is 0.271 e. The van der Waals surface area contributed by atoms with Gasteiger partial charge in [-0.1, -0.05) is 13.8 Å². The predicted molar refractivity (Wildman–Crippen MR) is 88.4 cm³/mol. The number of carbonyl (C=O) groups excluding carboxylic acids is 1. The number of amides is 1. The molecule has 0 saturated carbocycles. The third kappa shape index (κ3) is 3.93. The standard InChI is InChI=1S/C17H28N4O2/c1-12(2)16-13(6-9-23-16)10-19-17(22)15-5-8-21(20-15)14-4-3-7-18-11-14/h5,8,12-14,16,18H,3-4,6-7,9-11H2,1-2H3,(H,19,22). The van der Waals surface area contributed by atoms with Crippen LogP contribution in [0.1, 0.15) is 49.6 Å². The molecule has 1 amide bonds. The highest BCUT2D eigenvalue weighted by Crippen LogP contribution is 2.26. The molecule has 2 aliphatic rings. The lowest BCUT2D eigenvalue weighted by atomic mass is 9.93. The van der Waals surface area contributed by atoms with Crippen LogP contribution in [-0.2, 0) is 4.74 Å². The van der Waals surface area contributed by atoms with Gasteiger partial charge < -0.3 is 15.4 Å². The van der Waals surface area contributed by atoms with Crippen molar-refractivity contribution in [3.05, 3.63) is 18.0 Å². The lowest BCUT2D eigenvalue weighted by Crippen LogP contribution is -2.35. The van der Waals surface area contributed by atoms with Crippen LogP contribution >= 0.6 is 0 Å². The summed E-state index contributed by atoms with van der Waals surface area (Å²) in [4.78, 5) is 12.3. The van der Waals surface area contributed by atoms with Crippen molar-refractivity contribution in [2.75, 3.05) is 26.2 Å². The number of hydrogen-bond donors (Lipinski definition) is 2. The van der Waals surface area contributed by atoms with Gasteiger partial charge in [-0.25, -0.2) is 0 Å². The third-order valence-corrected chi connectivity index (χ3v) is 4.93. The van der Waals surface area contributed by atoms with Gasteiger partial charge in [-0.05, 0) is 37.8 Å². The van der Waals surface area contributed by atoms with Gasteiger partial charge in [-0.15, -0.1) is 0 Å². The number of rotatable bonds is 5. The third-order valence-electron chi connectivity index (χ3n) is 4.93. The molecule has 3 unspecified atom stereocenters. The summed E-state index contributed by atoms with van der Waals surface area (Å²) in [6.45, 7) is 7.81. The predicted octanol–water partition coefficient (Wildman–Crippen LogP) is 1.60. The second-order valence-corrected chi connectivity index (χ2v) is 7.02. The highest BCUT2D eigenvalue weighted by molar-refractivity contribution is 5.92. The average Bonchev–Trinajstić information content (AvgIpc) is 3.22. The number of piperidine rings is 1. The van der Waals surface area contributed by atoms with Gasteiger partial charge in [0.2, 0.25) is 0 Å². The SMILES string of the molecule is CC(C)C1OCCC1CNC(=O)c1ccn(C2CCCNC2)n1. The molecule has 6 nitrogen and oxygen atoms in total. The second kappa shape index (κ2) is 7.45. The van der Waals surface area contributed by atoms with Crippen molar-refractivity contribution < 1.29 is 9.53 Å². The Morgan fingerprint density at radius 1 is 1.52 bits per heavy atom. The topological polar surface area (TPSA) is 68.2 Å². The Morgan fingerprint density at radius 2 is 2.39 bits per heavy atom. The summed E-state index contributed by atoms with van der Waals surface area (Å²) in [5.74, 6) is 0.808. The van der Waals surface area contributed by atoms with E-state index in [4.69, 9.17) is 4.74 Å². The van der Waals surface area contributed by atoms with Gasteiger partial charge in [0, 0.05) is 31.8 Å². The minimum atomic E-state index is -0.0816. The van der Waals surface area contributed by atoms with E-state index in [-0.39, 0.29) is 12.0 Å². The molecule has 3 atom stereocenters. The molecule has 0 aromatic carbocycles. The Bertz CT molecular complexity index is 522. The maximum absolute atomic E-state index is 12.3. The van der Waals surface area contributed by atoms with Crippen molar-refractivity contribution in [2.24, 2.45) is 11.8 Å². The van der Waals surface area contributed by atoms with Crippen LogP contribution in [0.5, 0.6) is 0 Å². The van der Waals surface area contributed by atoms with Gasteiger partial charge >= 0.3 is 0 Å². The highest BCUT2D eigenvalue weighted by atomic mass is 16.5. The summed E-state index contributed by atoms with van der Waals surface area (Å²) >= 11 is 0. The summed E-state index contributed by atoms with van der Waals surface area (Å²) in [6, 6.07) is 2.17. The zero-order valence-corrected chi connectivity index (χ0v) is 14.1. The minimum Gasteiger partial charge on any atom is -0.378 e. The van der Waals surface area contributed by atoms with Crippen molar-refractivity contribution in [1.82, 2.24) is 20.4 Å². The summed E-state index contributed by atoms with van der Waals surface area (Å²) in [7, 11) is 0. The molecule has 2 saturated heterocycles. The summed E-state index contributed by atoms with van der Waals surface area (Å²) in [5.41, 5.74) is 0.510. The first-order valence-corrected chi connectivity index (χ1v) is 8.81. The molecule has 0 bridgehead atoms. The van der Waals surface area contributed by atoms with Crippen LogP contribution in [0, 0.1) is 11.8 Å². The molecule has 0 radical (unpaired) electrons. The van der Waals surface area contributed by atoms with E-state index in [0.717, 1.165) is 39.0 Å². The molecule has 2 aliphatic heterocycles. The molecule has 3 heterocycles. The number of aromatic nitrogens is 2. The Labute approximate surface area is 138 Å². The van der Waals surface area contributed by atoms with Crippen molar-refractivity contribution in [2.45, 2.75) is 45.3 Å². The maximum atomic E-state index is 12.3. The largest absolute Gasteiger partial charge is 0.378 e. The van der Waals surface area contributed by atoms with Crippen molar-refractivity contribution in [3.63, 3.8) is 0 Å². The normalized spacial score (nSPS) is 28.2. The van der Waals surface area contributed by atoms with E-state index in [1.165, 1.54) is 0 Å². The van der Waals surface area contributed by atoms with E-state index in [2.05, 4.69) is 29.6 Å². The number of hydrogen-bond acceptors (Lipinski definition) is 4. The van der Waals surface area contributed by atoms with E-state index in [9.17, 15) is 4.79 Å². The quantitative estimate of drug-likeness (QED) is 0.865. The zero-order chi connectivity index (χ0) is 16.2. The van der Waals surface area contributed by atoms with Gasteiger partial charge in [0.25, 0.3) is 5.91 Å². The molecule has 6 heteroatoms. The molecule has 1 aromatic heterocycles. The van der Waals surface area contributed by atoms with Crippen LogP contribution in [-0.4, -0.2) is 48.0 Å². The molecular formula is C17H28N4O2. The molecular weight excluding hydrogens is 292 g/mol. The smallest absolute Gasteiger partial charge is 0.271 e. The fourth-order valence-corrected chi connectivity index (χ4v) is 3.65. The number of nitrogens with zero attached hydrogens (tertiary/aromatic N) is 2. The van der Waals surface area contributed by atoms with E-state index in [1.54, 1.807) is 0 Å². The summed E-state index contributed by atoms with van der Waals surface area (Å²) in [5, 5.41) is 10.9. The lowest BCUT2D eigenvalue weighted by Gasteiger charge is -2.23. The lowest BCUT2D eigenvalue weighted by molar-refractivity contribution is 0.0533. The fraction of sp³-hybridized carbons (Fsp3) is 0.765. The van der Waals surface area contributed by atoms with E-state index in [0.29, 0.717) is 30.1 Å². The Kier molecular flexibility index (Phi) is 5.33. The Hall–Kier alpha value is -1.40. The van der Waals surface area contributed by atoms with Crippen LogP contribution < -0.4 is 10.6 Å². The monoisotopic (exact) mass is 320 g/mol. The molecule has 0 spiro atoms. The first kappa shape index (κ1) is 16.5. The minimum absolute atomic E-state index is 0.0816. The molecule has 23 heavy (non-hydrogen) atoms. The summed E-state index contributed by atoms with van der Waals surface area (Å²) in [6.07, 6.45) is 5.46. The van der Waals surface area contributed by atoms with Gasteiger partial charge in [0.1, 0.15) is 5.69 Å². The fourth-order valence-electron chi connectivity index (χ4n) is 3.65. The van der Waals surface area contributed by atoms with E-state index in [1.807, 2.05) is 16.9 Å². The number of nitrogens with one attached hydrogen (secondary N) is 2. The van der Waals surface area contributed by atoms with Gasteiger partial charge in [-0.3, -0.25) is 9.48 Å². The van der Waals surface area contributed by atoms with Crippen LogP contribution in [0.15, 0.2) is 12.3 Å². The summed E-state index contributed by atoms with van der Waals surface area (Å²) < 4.78 is 7.70. The molecule has 0 aliphatic carbocycles. The molecule has 2 N–H and O–H groups in total. The second-order valence-electron chi connectivity index (χ2n) is 7.02. The van der Waals surface area contributed by atoms with Crippen LogP contribution in [0.4, 0.5) is 0 Å². The molecule has 2 fully saturated rings. The molecule has 1 aromatic rings. The average molecular weight is 320 g/mol. The van der Waals surface area contributed by atoms with E-state index >= 15 is 0 Å². The first-order valence-electron chi connectivity index (χ1n) is 8.81.